The Morgan fingerprint density at radius 3 is 2.74 bits per heavy atom. The maximum atomic E-state index is 13.1. The van der Waals surface area contributed by atoms with Gasteiger partial charge in [0.1, 0.15) is 17.2 Å². The highest BCUT2D eigenvalue weighted by molar-refractivity contribution is 5.78. The van der Waals surface area contributed by atoms with Gasteiger partial charge in [0.2, 0.25) is 5.91 Å². The van der Waals surface area contributed by atoms with Gasteiger partial charge < -0.3 is 14.5 Å². The van der Waals surface area contributed by atoms with E-state index in [4.69, 9.17) is 4.74 Å². The zero-order valence-corrected chi connectivity index (χ0v) is 12.6. The van der Waals surface area contributed by atoms with Gasteiger partial charge in [-0.25, -0.2) is 9.37 Å². The van der Waals surface area contributed by atoms with Crippen LogP contribution in [-0.2, 0) is 17.8 Å². The standard InChI is InChI=1S/C17H16FN3O2/c1-23-15-5-2-12(3-6-15)9-19-17(22)8-14-11-21-10-13(18)4-7-16(21)20-14/h2-7,10-11H,8-9H2,1H3,(H,19,22). The number of carbonyl (C=O) groups is 1. The van der Waals surface area contributed by atoms with Gasteiger partial charge in [0.15, 0.2) is 0 Å². The van der Waals surface area contributed by atoms with Crippen LogP contribution in [0.15, 0.2) is 48.8 Å². The number of halogens is 1. The van der Waals surface area contributed by atoms with Crippen LogP contribution in [-0.4, -0.2) is 22.4 Å². The summed E-state index contributed by atoms with van der Waals surface area (Å²) in [5, 5.41) is 2.84. The zero-order chi connectivity index (χ0) is 16.2. The molecule has 1 aromatic carbocycles. The van der Waals surface area contributed by atoms with Crippen molar-refractivity contribution in [3.8, 4) is 5.75 Å². The van der Waals surface area contributed by atoms with E-state index in [1.54, 1.807) is 23.8 Å². The number of hydrogen-bond donors (Lipinski definition) is 1. The van der Waals surface area contributed by atoms with Crippen LogP contribution in [0.2, 0.25) is 0 Å². The summed E-state index contributed by atoms with van der Waals surface area (Å²) in [7, 11) is 1.61. The minimum Gasteiger partial charge on any atom is -0.497 e. The molecule has 3 aromatic rings. The van der Waals surface area contributed by atoms with E-state index in [9.17, 15) is 9.18 Å². The first kappa shape index (κ1) is 15.0. The lowest BCUT2D eigenvalue weighted by atomic mass is 10.2. The van der Waals surface area contributed by atoms with Crippen LogP contribution >= 0.6 is 0 Å². The molecule has 1 amide bonds. The molecule has 2 aromatic heterocycles. The number of pyridine rings is 1. The van der Waals surface area contributed by atoms with E-state index in [1.165, 1.54) is 12.3 Å². The Bertz CT molecular complexity index is 827. The topological polar surface area (TPSA) is 55.6 Å². The molecule has 0 atom stereocenters. The first-order valence-electron chi connectivity index (χ1n) is 7.17. The Balaban J connectivity index is 1.59. The minimum absolute atomic E-state index is 0.135. The highest BCUT2D eigenvalue weighted by atomic mass is 19.1. The fourth-order valence-electron chi connectivity index (χ4n) is 2.27. The predicted molar refractivity (Wildman–Crippen MR) is 83.7 cm³/mol. The zero-order valence-electron chi connectivity index (χ0n) is 12.6. The molecule has 0 bridgehead atoms. The van der Waals surface area contributed by atoms with Crippen molar-refractivity contribution in [2.45, 2.75) is 13.0 Å². The van der Waals surface area contributed by atoms with E-state index in [0.29, 0.717) is 17.9 Å². The van der Waals surface area contributed by atoms with Crippen molar-refractivity contribution in [1.82, 2.24) is 14.7 Å². The minimum atomic E-state index is -0.342. The molecule has 3 rings (SSSR count). The van der Waals surface area contributed by atoms with E-state index < -0.39 is 0 Å². The van der Waals surface area contributed by atoms with Crippen molar-refractivity contribution in [1.29, 1.82) is 0 Å². The molecule has 0 aliphatic rings. The lowest BCUT2D eigenvalue weighted by Gasteiger charge is -2.05. The number of hydrogen-bond acceptors (Lipinski definition) is 3. The lowest BCUT2D eigenvalue weighted by molar-refractivity contribution is -0.120. The number of methoxy groups -OCH3 is 1. The Labute approximate surface area is 132 Å². The van der Waals surface area contributed by atoms with Crippen LogP contribution in [0.5, 0.6) is 5.75 Å². The fraction of sp³-hybridized carbons (Fsp3) is 0.176. The second-order valence-electron chi connectivity index (χ2n) is 5.15. The number of aromatic nitrogens is 2. The first-order chi connectivity index (χ1) is 11.1. The monoisotopic (exact) mass is 313 g/mol. The molecule has 23 heavy (non-hydrogen) atoms. The van der Waals surface area contributed by atoms with Gasteiger partial charge in [0.25, 0.3) is 0 Å². The second kappa shape index (κ2) is 6.48. The van der Waals surface area contributed by atoms with Crippen LogP contribution < -0.4 is 10.1 Å². The normalized spacial score (nSPS) is 10.7. The maximum Gasteiger partial charge on any atom is 0.226 e. The average Bonchev–Trinajstić information content (AvgIpc) is 2.94. The molecule has 1 N–H and O–H groups in total. The summed E-state index contributed by atoms with van der Waals surface area (Å²) < 4.78 is 19.8. The van der Waals surface area contributed by atoms with Crippen LogP contribution in [0.3, 0.4) is 0 Å². The summed E-state index contributed by atoms with van der Waals surface area (Å²) in [5.74, 6) is 0.298. The first-order valence-corrected chi connectivity index (χ1v) is 7.17. The third kappa shape index (κ3) is 3.66. The Morgan fingerprint density at radius 1 is 1.22 bits per heavy atom. The molecule has 5 nitrogen and oxygen atoms in total. The van der Waals surface area contributed by atoms with E-state index in [0.717, 1.165) is 11.3 Å². The van der Waals surface area contributed by atoms with Gasteiger partial charge in [0, 0.05) is 18.9 Å². The van der Waals surface area contributed by atoms with Gasteiger partial charge in [-0.15, -0.1) is 0 Å². The molecular weight excluding hydrogens is 297 g/mol. The van der Waals surface area contributed by atoms with Crippen LogP contribution in [0.4, 0.5) is 4.39 Å². The number of nitrogens with zero attached hydrogens (tertiary/aromatic N) is 2. The molecule has 118 valence electrons. The molecule has 0 radical (unpaired) electrons. The Hall–Kier alpha value is -2.89. The molecule has 0 unspecified atom stereocenters. The van der Waals surface area contributed by atoms with Crippen molar-refractivity contribution in [3.05, 3.63) is 65.9 Å². The molecule has 0 fully saturated rings. The maximum absolute atomic E-state index is 13.1. The number of ether oxygens (including phenoxy) is 1. The molecule has 0 spiro atoms. The van der Waals surface area contributed by atoms with Gasteiger partial charge in [-0.05, 0) is 29.8 Å². The summed E-state index contributed by atoms with van der Waals surface area (Å²) in [4.78, 5) is 16.3. The summed E-state index contributed by atoms with van der Waals surface area (Å²) in [6, 6.07) is 10.4. The van der Waals surface area contributed by atoms with Gasteiger partial charge in [-0.2, -0.15) is 0 Å². The lowest BCUT2D eigenvalue weighted by Crippen LogP contribution is -2.24. The van der Waals surface area contributed by atoms with E-state index in [-0.39, 0.29) is 18.1 Å². The number of benzene rings is 1. The molecule has 2 heterocycles. The predicted octanol–water partition coefficient (Wildman–Crippen LogP) is 2.34. The molecule has 0 saturated heterocycles. The van der Waals surface area contributed by atoms with Crippen molar-refractivity contribution in [3.63, 3.8) is 0 Å². The van der Waals surface area contributed by atoms with Gasteiger partial charge >= 0.3 is 0 Å². The van der Waals surface area contributed by atoms with E-state index in [1.807, 2.05) is 24.3 Å². The molecule has 0 saturated carbocycles. The molecule has 0 aliphatic heterocycles. The molecule has 0 aliphatic carbocycles. The third-order valence-corrected chi connectivity index (χ3v) is 3.46. The molecular formula is C17H16FN3O2. The van der Waals surface area contributed by atoms with E-state index >= 15 is 0 Å². The quantitative estimate of drug-likeness (QED) is 0.786. The summed E-state index contributed by atoms with van der Waals surface area (Å²) in [6.45, 7) is 0.435. The number of nitrogens with one attached hydrogen (secondary N) is 1. The summed E-state index contributed by atoms with van der Waals surface area (Å²) in [6.07, 6.45) is 3.14. The van der Waals surface area contributed by atoms with Crippen LogP contribution in [0, 0.1) is 5.82 Å². The van der Waals surface area contributed by atoms with Crippen molar-refractivity contribution >= 4 is 11.6 Å². The summed E-state index contributed by atoms with van der Waals surface area (Å²) >= 11 is 0. The van der Waals surface area contributed by atoms with Gasteiger partial charge in [-0.3, -0.25) is 4.79 Å². The average molecular weight is 313 g/mol. The Morgan fingerprint density at radius 2 is 2.00 bits per heavy atom. The van der Waals surface area contributed by atoms with Crippen LogP contribution in [0.25, 0.3) is 5.65 Å². The third-order valence-electron chi connectivity index (χ3n) is 3.46. The van der Waals surface area contributed by atoms with Crippen molar-refractivity contribution in [2.75, 3.05) is 7.11 Å². The van der Waals surface area contributed by atoms with Crippen LogP contribution in [0.1, 0.15) is 11.3 Å². The summed E-state index contributed by atoms with van der Waals surface area (Å²) in [5.41, 5.74) is 2.20. The molecule has 6 heteroatoms. The number of amides is 1. The van der Waals surface area contributed by atoms with Crippen molar-refractivity contribution in [2.24, 2.45) is 0 Å². The van der Waals surface area contributed by atoms with Crippen molar-refractivity contribution < 1.29 is 13.9 Å². The Kier molecular flexibility index (Phi) is 4.23. The number of imidazole rings is 1. The van der Waals surface area contributed by atoms with Gasteiger partial charge in [0.05, 0.1) is 19.2 Å². The largest absolute Gasteiger partial charge is 0.497 e. The number of carbonyl (C=O) groups excluding carboxylic acids is 1. The smallest absolute Gasteiger partial charge is 0.226 e. The SMILES string of the molecule is COc1ccc(CNC(=O)Cc2cn3cc(F)ccc3n2)cc1. The highest BCUT2D eigenvalue weighted by Crippen LogP contribution is 2.11. The highest BCUT2D eigenvalue weighted by Gasteiger charge is 2.08. The van der Waals surface area contributed by atoms with Gasteiger partial charge in [-0.1, -0.05) is 12.1 Å². The fourth-order valence-corrected chi connectivity index (χ4v) is 2.27. The second-order valence-corrected chi connectivity index (χ2v) is 5.15. The van der Waals surface area contributed by atoms with E-state index in [2.05, 4.69) is 10.3 Å². The number of rotatable bonds is 5. The number of fused-ring (bicyclic) bond motifs is 1.